The highest BCUT2D eigenvalue weighted by Crippen LogP contribution is 2.19. The fraction of sp³-hybridized carbons (Fsp3) is 0. The quantitative estimate of drug-likeness (QED) is 0.327. The number of phenolic OH excluding ortho intramolecular Hbond substituents is 1. The van der Waals surface area contributed by atoms with Crippen LogP contribution >= 0.6 is 0 Å². The summed E-state index contributed by atoms with van der Waals surface area (Å²) in [5.41, 5.74) is 6.04. The predicted octanol–water partition coefficient (Wildman–Crippen LogP) is 3.03. The van der Waals surface area contributed by atoms with Gasteiger partial charge >= 0.3 is 10.3 Å². The molecule has 3 aromatic rings. The van der Waals surface area contributed by atoms with Crippen LogP contribution in [0.5, 0.6) is 5.75 Å². The molecule has 0 bridgehead atoms. The molecule has 6 nitrogen and oxygen atoms in total. The Morgan fingerprint density at radius 1 is 0.870 bits per heavy atom. The van der Waals surface area contributed by atoms with Crippen molar-refractivity contribution >= 4 is 32.5 Å². The van der Waals surface area contributed by atoms with Crippen molar-refractivity contribution in [2.24, 2.45) is 0 Å². The van der Waals surface area contributed by atoms with Crippen LogP contribution in [0, 0.1) is 0 Å². The van der Waals surface area contributed by atoms with Crippen molar-refractivity contribution in [2.45, 2.75) is 0 Å². The zero-order valence-corrected chi connectivity index (χ0v) is 12.9. The molecule has 23 heavy (non-hydrogen) atoms. The standard InChI is InChI=1S/C10H9NO3S.C6H7NO/c12-15(13,14)11-10-6-5-8-3-1-2-4-9(8)7-10;7-5-3-1-2-4-6(5)8/h1-7,11H,(H,12,13,14);1-4,8H,7H2. The Morgan fingerprint density at radius 3 is 2.04 bits per heavy atom. The molecule has 3 rings (SSSR count). The second-order valence-electron chi connectivity index (χ2n) is 4.70. The van der Waals surface area contributed by atoms with E-state index in [1.807, 2.05) is 29.0 Å². The molecule has 0 unspecified atom stereocenters. The molecule has 3 aromatic carbocycles. The smallest absolute Gasteiger partial charge is 0.357 e. The number of anilines is 2. The van der Waals surface area contributed by atoms with Crippen LogP contribution in [0.1, 0.15) is 0 Å². The molecule has 7 heteroatoms. The summed E-state index contributed by atoms with van der Waals surface area (Å²) < 4.78 is 31.8. The van der Waals surface area contributed by atoms with Crippen molar-refractivity contribution in [1.82, 2.24) is 0 Å². The first kappa shape index (κ1) is 16.6. The highest BCUT2D eigenvalue weighted by molar-refractivity contribution is 7.87. The lowest BCUT2D eigenvalue weighted by molar-refractivity contribution is 0.478. The maximum absolute atomic E-state index is 10.6. The van der Waals surface area contributed by atoms with E-state index in [4.69, 9.17) is 15.4 Å². The molecular formula is C16H16N2O4S. The summed E-state index contributed by atoms with van der Waals surface area (Å²) in [4.78, 5) is 0. The minimum absolute atomic E-state index is 0.146. The van der Waals surface area contributed by atoms with E-state index in [0.29, 0.717) is 11.4 Å². The zero-order chi connectivity index (χ0) is 16.9. The first-order chi connectivity index (χ1) is 10.8. The first-order valence-corrected chi connectivity index (χ1v) is 8.07. The van der Waals surface area contributed by atoms with E-state index in [-0.39, 0.29) is 5.75 Å². The number of para-hydroxylation sites is 2. The van der Waals surface area contributed by atoms with E-state index in [2.05, 4.69) is 0 Å². The number of aromatic hydroxyl groups is 1. The summed E-state index contributed by atoms with van der Waals surface area (Å²) in [6, 6.07) is 19.3. The summed E-state index contributed by atoms with van der Waals surface area (Å²) in [6.45, 7) is 0. The third-order valence-electron chi connectivity index (χ3n) is 2.93. The molecule has 120 valence electrons. The number of nitrogens with one attached hydrogen (secondary N) is 1. The Kier molecular flexibility index (Phi) is 5.05. The number of benzene rings is 3. The normalized spacial score (nSPS) is 10.7. The van der Waals surface area contributed by atoms with E-state index in [9.17, 15) is 8.42 Å². The van der Waals surface area contributed by atoms with E-state index >= 15 is 0 Å². The lowest BCUT2D eigenvalue weighted by Crippen LogP contribution is -2.09. The highest BCUT2D eigenvalue weighted by Gasteiger charge is 2.03. The first-order valence-electron chi connectivity index (χ1n) is 6.63. The Balaban J connectivity index is 0.000000203. The van der Waals surface area contributed by atoms with Gasteiger partial charge in [0.2, 0.25) is 0 Å². The van der Waals surface area contributed by atoms with Gasteiger partial charge in [-0.05, 0) is 35.0 Å². The Bertz CT molecular complexity index is 890. The van der Waals surface area contributed by atoms with Gasteiger partial charge in [-0.2, -0.15) is 8.42 Å². The Hall–Kier alpha value is -2.77. The summed E-state index contributed by atoms with van der Waals surface area (Å²) in [6.07, 6.45) is 0. The molecular weight excluding hydrogens is 316 g/mol. The van der Waals surface area contributed by atoms with Crippen molar-refractivity contribution < 1.29 is 18.1 Å². The number of nitrogens with two attached hydrogens (primary N) is 1. The molecule has 0 heterocycles. The van der Waals surface area contributed by atoms with Gasteiger partial charge in [-0.1, -0.05) is 42.5 Å². The lowest BCUT2D eigenvalue weighted by atomic mass is 10.1. The minimum Gasteiger partial charge on any atom is -0.506 e. The van der Waals surface area contributed by atoms with Gasteiger partial charge in [0.05, 0.1) is 11.4 Å². The number of fused-ring (bicyclic) bond motifs is 1. The van der Waals surface area contributed by atoms with E-state index in [1.54, 1.807) is 42.5 Å². The van der Waals surface area contributed by atoms with Gasteiger partial charge in [-0.25, -0.2) is 0 Å². The molecule has 0 radical (unpaired) electrons. The highest BCUT2D eigenvalue weighted by atomic mass is 32.2. The monoisotopic (exact) mass is 332 g/mol. The molecule has 0 saturated carbocycles. The van der Waals surface area contributed by atoms with Crippen molar-refractivity contribution in [1.29, 1.82) is 0 Å². The van der Waals surface area contributed by atoms with E-state index in [0.717, 1.165) is 10.8 Å². The predicted molar refractivity (Wildman–Crippen MR) is 91.6 cm³/mol. The molecule has 0 aliphatic carbocycles. The van der Waals surface area contributed by atoms with Gasteiger partial charge in [0.1, 0.15) is 5.75 Å². The van der Waals surface area contributed by atoms with Crippen LogP contribution in [0.25, 0.3) is 10.8 Å². The van der Waals surface area contributed by atoms with Crippen LogP contribution in [0.15, 0.2) is 66.7 Å². The van der Waals surface area contributed by atoms with Crippen LogP contribution in [0.2, 0.25) is 0 Å². The Labute approximate surface area is 134 Å². The number of rotatable bonds is 2. The van der Waals surface area contributed by atoms with Gasteiger partial charge in [0.15, 0.2) is 0 Å². The number of hydrogen-bond donors (Lipinski definition) is 4. The lowest BCUT2D eigenvalue weighted by Gasteiger charge is -2.03. The topological polar surface area (TPSA) is 113 Å². The van der Waals surface area contributed by atoms with Gasteiger partial charge in [0.25, 0.3) is 0 Å². The van der Waals surface area contributed by atoms with E-state index < -0.39 is 10.3 Å². The van der Waals surface area contributed by atoms with Gasteiger partial charge in [-0.15, -0.1) is 0 Å². The number of hydrogen-bond acceptors (Lipinski definition) is 4. The average molecular weight is 332 g/mol. The van der Waals surface area contributed by atoms with E-state index in [1.165, 1.54) is 0 Å². The summed E-state index contributed by atoms with van der Waals surface area (Å²) in [5.74, 6) is 0.146. The summed E-state index contributed by atoms with van der Waals surface area (Å²) in [7, 11) is -4.20. The van der Waals surface area contributed by atoms with Gasteiger partial charge in [0, 0.05) is 0 Å². The largest absolute Gasteiger partial charge is 0.506 e. The summed E-state index contributed by atoms with van der Waals surface area (Å²) >= 11 is 0. The number of nitrogen functional groups attached to an aromatic ring is 1. The average Bonchev–Trinajstić information content (AvgIpc) is 2.49. The van der Waals surface area contributed by atoms with Crippen LogP contribution in [-0.4, -0.2) is 18.1 Å². The summed E-state index contributed by atoms with van der Waals surface area (Å²) in [5, 5.41) is 10.7. The third kappa shape index (κ3) is 5.17. The van der Waals surface area contributed by atoms with Crippen LogP contribution in [-0.2, 0) is 10.3 Å². The maximum Gasteiger partial charge on any atom is 0.357 e. The molecule has 0 aromatic heterocycles. The maximum atomic E-state index is 10.6. The molecule has 0 spiro atoms. The number of phenols is 1. The molecule has 0 atom stereocenters. The second-order valence-corrected chi connectivity index (χ2v) is 5.85. The van der Waals surface area contributed by atoms with Crippen LogP contribution < -0.4 is 10.5 Å². The molecule has 0 amide bonds. The molecule has 0 fully saturated rings. The minimum atomic E-state index is -4.20. The molecule has 0 aliphatic heterocycles. The fourth-order valence-electron chi connectivity index (χ4n) is 1.89. The van der Waals surface area contributed by atoms with Crippen LogP contribution in [0.4, 0.5) is 11.4 Å². The Morgan fingerprint density at radius 2 is 1.48 bits per heavy atom. The molecule has 0 saturated heterocycles. The molecule has 0 aliphatic rings. The van der Waals surface area contributed by atoms with Gasteiger partial charge in [-0.3, -0.25) is 9.27 Å². The SMILES string of the molecule is Nc1ccccc1O.O=S(=O)(O)Nc1ccc2ccccc2c1. The van der Waals surface area contributed by atoms with Crippen molar-refractivity contribution in [2.75, 3.05) is 10.5 Å². The van der Waals surface area contributed by atoms with Crippen molar-refractivity contribution in [3.8, 4) is 5.75 Å². The third-order valence-corrected chi connectivity index (χ3v) is 3.43. The van der Waals surface area contributed by atoms with Crippen LogP contribution in [0.3, 0.4) is 0 Å². The fourth-order valence-corrected chi connectivity index (χ4v) is 2.31. The molecule has 5 N–H and O–H groups in total. The van der Waals surface area contributed by atoms with Crippen molar-refractivity contribution in [3.05, 3.63) is 66.7 Å². The second kappa shape index (κ2) is 6.99. The van der Waals surface area contributed by atoms with Crippen molar-refractivity contribution in [3.63, 3.8) is 0 Å². The van der Waals surface area contributed by atoms with Gasteiger partial charge < -0.3 is 10.8 Å². The zero-order valence-electron chi connectivity index (χ0n) is 12.0.